The molecule has 0 aromatic carbocycles. The van der Waals surface area contributed by atoms with E-state index in [2.05, 4.69) is 47.0 Å². The third-order valence-corrected chi connectivity index (χ3v) is 3.91. The average molecular weight is 197 g/mol. The van der Waals surface area contributed by atoms with Crippen molar-refractivity contribution < 1.29 is 0 Å². The van der Waals surface area contributed by atoms with E-state index in [1.165, 1.54) is 12.8 Å². The molecule has 0 heterocycles. The Hall–Kier alpha value is -0.0400. The van der Waals surface area contributed by atoms with Crippen LogP contribution >= 0.6 is 0 Å². The van der Waals surface area contributed by atoms with Crippen molar-refractivity contribution in [2.45, 2.75) is 53.5 Å². The monoisotopic (exact) mass is 197 g/mol. The van der Waals surface area contributed by atoms with Gasteiger partial charge in [-0.05, 0) is 43.1 Å². The molecule has 0 radical (unpaired) electrons. The number of nitrogens with one attached hydrogen (secondary N) is 1. The number of rotatable bonds is 3. The summed E-state index contributed by atoms with van der Waals surface area (Å²) in [5, 5.41) is 3.51. The third-order valence-electron chi connectivity index (χ3n) is 3.91. The van der Waals surface area contributed by atoms with Crippen LogP contribution in [0.4, 0.5) is 0 Å². The summed E-state index contributed by atoms with van der Waals surface area (Å²) in [4.78, 5) is 0. The Morgan fingerprint density at radius 1 is 1.21 bits per heavy atom. The summed E-state index contributed by atoms with van der Waals surface area (Å²) in [5.74, 6) is 2.50. The maximum atomic E-state index is 3.51. The van der Waals surface area contributed by atoms with E-state index in [0.29, 0.717) is 11.5 Å². The molecule has 3 atom stereocenters. The van der Waals surface area contributed by atoms with E-state index in [1.54, 1.807) is 0 Å². The fourth-order valence-corrected chi connectivity index (χ4v) is 3.47. The van der Waals surface area contributed by atoms with Gasteiger partial charge in [0.25, 0.3) is 0 Å². The van der Waals surface area contributed by atoms with Crippen LogP contribution in [0.2, 0.25) is 0 Å². The zero-order chi connectivity index (χ0) is 10.9. The molecule has 1 N–H and O–H groups in total. The summed E-state index contributed by atoms with van der Waals surface area (Å²) in [7, 11) is 2.11. The van der Waals surface area contributed by atoms with E-state index in [0.717, 1.165) is 17.8 Å². The molecule has 1 aliphatic rings. The molecule has 0 aliphatic heterocycles. The van der Waals surface area contributed by atoms with Crippen molar-refractivity contribution >= 4 is 0 Å². The Morgan fingerprint density at radius 2 is 1.79 bits per heavy atom. The van der Waals surface area contributed by atoms with Crippen molar-refractivity contribution in [1.29, 1.82) is 0 Å². The SMILES string of the molecule is CNC(C(C)C)C1CC(C)(C)CC1C. The second-order valence-corrected chi connectivity index (χ2v) is 6.27. The Kier molecular flexibility index (Phi) is 3.63. The topological polar surface area (TPSA) is 12.0 Å². The van der Waals surface area contributed by atoms with E-state index in [-0.39, 0.29) is 0 Å². The summed E-state index contributed by atoms with van der Waals surface area (Å²) in [6, 6.07) is 0.701. The van der Waals surface area contributed by atoms with Crippen molar-refractivity contribution in [3.8, 4) is 0 Å². The highest BCUT2D eigenvalue weighted by molar-refractivity contribution is 4.93. The normalized spacial score (nSPS) is 33.6. The molecule has 1 aliphatic carbocycles. The smallest absolute Gasteiger partial charge is 0.0118 e. The predicted octanol–water partition coefficient (Wildman–Crippen LogP) is 3.30. The molecule has 0 spiro atoms. The Balaban J connectivity index is 2.68. The quantitative estimate of drug-likeness (QED) is 0.732. The second-order valence-electron chi connectivity index (χ2n) is 6.27. The lowest BCUT2D eigenvalue weighted by Crippen LogP contribution is -2.39. The average Bonchev–Trinajstić information content (AvgIpc) is 2.26. The molecule has 14 heavy (non-hydrogen) atoms. The van der Waals surface area contributed by atoms with Gasteiger partial charge in [0.2, 0.25) is 0 Å². The molecule has 0 aromatic rings. The summed E-state index contributed by atoms with van der Waals surface area (Å²) in [5.41, 5.74) is 0.564. The van der Waals surface area contributed by atoms with Crippen molar-refractivity contribution in [3.05, 3.63) is 0 Å². The minimum Gasteiger partial charge on any atom is -0.316 e. The van der Waals surface area contributed by atoms with Gasteiger partial charge in [0, 0.05) is 6.04 Å². The lowest BCUT2D eigenvalue weighted by Gasteiger charge is -2.30. The van der Waals surface area contributed by atoms with Crippen LogP contribution in [0.25, 0.3) is 0 Å². The van der Waals surface area contributed by atoms with Crippen LogP contribution < -0.4 is 5.32 Å². The van der Waals surface area contributed by atoms with E-state index >= 15 is 0 Å². The molecular weight excluding hydrogens is 170 g/mol. The van der Waals surface area contributed by atoms with Gasteiger partial charge >= 0.3 is 0 Å². The lowest BCUT2D eigenvalue weighted by molar-refractivity contribution is 0.246. The first-order chi connectivity index (χ1) is 6.37. The highest BCUT2D eigenvalue weighted by atomic mass is 14.9. The van der Waals surface area contributed by atoms with Crippen LogP contribution in [-0.2, 0) is 0 Å². The molecule has 0 bridgehead atoms. The van der Waals surface area contributed by atoms with Gasteiger partial charge in [-0.1, -0.05) is 34.6 Å². The van der Waals surface area contributed by atoms with Crippen LogP contribution in [0.1, 0.15) is 47.5 Å². The Bertz CT molecular complexity index is 184. The fourth-order valence-electron chi connectivity index (χ4n) is 3.47. The van der Waals surface area contributed by atoms with Gasteiger partial charge in [-0.25, -0.2) is 0 Å². The van der Waals surface area contributed by atoms with Crippen LogP contribution in [0.5, 0.6) is 0 Å². The zero-order valence-corrected chi connectivity index (χ0v) is 10.7. The molecule has 0 saturated heterocycles. The van der Waals surface area contributed by atoms with Crippen LogP contribution in [0.3, 0.4) is 0 Å². The standard InChI is InChI=1S/C13H27N/c1-9(2)12(14-6)11-8-13(4,5)7-10(11)3/h9-12,14H,7-8H2,1-6H3. The molecule has 1 saturated carbocycles. The van der Waals surface area contributed by atoms with Gasteiger partial charge in [-0.15, -0.1) is 0 Å². The third kappa shape index (κ3) is 2.50. The Morgan fingerprint density at radius 3 is 2.07 bits per heavy atom. The van der Waals surface area contributed by atoms with Gasteiger partial charge in [0.15, 0.2) is 0 Å². The molecule has 1 rings (SSSR count). The van der Waals surface area contributed by atoms with E-state index < -0.39 is 0 Å². The predicted molar refractivity (Wildman–Crippen MR) is 63.4 cm³/mol. The van der Waals surface area contributed by atoms with Gasteiger partial charge in [0.1, 0.15) is 0 Å². The largest absolute Gasteiger partial charge is 0.316 e. The van der Waals surface area contributed by atoms with Gasteiger partial charge in [-0.3, -0.25) is 0 Å². The number of hydrogen-bond donors (Lipinski definition) is 1. The van der Waals surface area contributed by atoms with Gasteiger partial charge in [0.05, 0.1) is 0 Å². The summed E-state index contributed by atoms with van der Waals surface area (Å²) < 4.78 is 0. The maximum absolute atomic E-state index is 3.51. The first kappa shape index (κ1) is 12.0. The second kappa shape index (κ2) is 4.22. The molecule has 0 amide bonds. The Labute approximate surface area is 89.7 Å². The van der Waals surface area contributed by atoms with Gasteiger partial charge < -0.3 is 5.32 Å². The van der Waals surface area contributed by atoms with Crippen LogP contribution in [0.15, 0.2) is 0 Å². The molecule has 84 valence electrons. The van der Waals surface area contributed by atoms with Crippen LogP contribution in [0, 0.1) is 23.2 Å². The van der Waals surface area contributed by atoms with Crippen molar-refractivity contribution in [1.82, 2.24) is 5.32 Å². The zero-order valence-electron chi connectivity index (χ0n) is 10.7. The maximum Gasteiger partial charge on any atom is 0.0118 e. The minimum atomic E-state index is 0.564. The van der Waals surface area contributed by atoms with Gasteiger partial charge in [-0.2, -0.15) is 0 Å². The van der Waals surface area contributed by atoms with Crippen molar-refractivity contribution in [2.24, 2.45) is 23.2 Å². The summed E-state index contributed by atoms with van der Waals surface area (Å²) in [6.45, 7) is 11.9. The molecule has 1 heteroatoms. The summed E-state index contributed by atoms with van der Waals surface area (Å²) >= 11 is 0. The molecule has 1 nitrogen and oxygen atoms in total. The molecular formula is C13H27N. The lowest BCUT2D eigenvalue weighted by atomic mass is 9.83. The molecule has 0 aromatic heterocycles. The van der Waals surface area contributed by atoms with Crippen LogP contribution in [-0.4, -0.2) is 13.1 Å². The highest BCUT2D eigenvalue weighted by Crippen LogP contribution is 2.47. The fraction of sp³-hybridized carbons (Fsp3) is 1.00. The minimum absolute atomic E-state index is 0.564. The molecule has 3 unspecified atom stereocenters. The first-order valence-corrected chi connectivity index (χ1v) is 6.04. The first-order valence-electron chi connectivity index (χ1n) is 6.04. The highest BCUT2D eigenvalue weighted by Gasteiger charge is 2.40. The summed E-state index contributed by atoms with van der Waals surface area (Å²) in [6.07, 6.45) is 2.78. The van der Waals surface area contributed by atoms with E-state index in [4.69, 9.17) is 0 Å². The van der Waals surface area contributed by atoms with Crippen molar-refractivity contribution in [3.63, 3.8) is 0 Å². The van der Waals surface area contributed by atoms with E-state index in [1.807, 2.05) is 0 Å². The number of hydrogen-bond acceptors (Lipinski definition) is 1. The molecule has 1 fully saturated rings. The van der Waals surface area contributed by atoms with Crippen molar-refractivity contribution in [2.75, 3.05) is 7.05 Å². The van der Waals surface area contributed by atoms with E-state index in [9.17, 15) is 0 Å².